The summed E-state index contributed by atoms with van der Waals surface area (Å²) < 4.78 is 10.9. The van der Waals surface area contributed by atoms with Crippen LogP contribution in [0.2, 0.25) is 0 Å². The molecular weight excluding hydrogens is 294 g/mol. The van der Waals surface area contributed by atoms with Gasteiger partial charge < -0.3 is 19.7 Å². The van der Waals surface area contributed by atoms with Gasteiger partial charge in [-0.1, -0.05) is 6.07 Å². The summed E-state index contributed by atoms with van der Waals surface area (Å²) >= 11 is 0. The van der Waals surface area contributed by atoms with E-state index in [0.29, 0.717) is 13.0 Å². The Bertz CT molecular complexity index is 512. The molecule has 3 rings (SSSR count). The zero-order valence-electron chi connectivity index (χ0n) is 13.5. The molecule has 1 aromatic rings. The van der Waals surface area contributed by atoms with Gasteiger partial charge in [0.05, 0.1) is 19.3 Å². The second-order valence-electron chi connectivity index (χ2n) is 6.04. The van der Waals surface area contributed by atoms with Crippen LogP contribution in [0.1, 0.15) is 31.2 Å². The van der Waals surface area contributed by atoms with Crippen LogP contribution in [0.15, 0.2) is 18.3 Å². The second kappa shape index (κ2) is 8.26. The van der Waals surface area contributed by atoms with E-state index >= 15 is 0 Å². The third kappa shape index (κ3) is 4.65. The molecule has 0 saturated carbocycles. The van der Waals surface area contributed by atoms with Crippen molar-refractivity contribution in [2.75, 3.05) is 37.8 Å². The van der Waals surface area contributed by atoms with Crippen molar-refractivity contribution in [3.05, 3.63) is 23.9 Å². The summed E-state index contributed by atoms with van der Waals surface area (Å²) in [4.78, 5) is 18.7. The van der Waals surface area contributed by atoms with Gasteiger partial charge in [-0.15, -0.1) is 0 Å². The van der Waals surface area contributed by atoms with Gasteiger partial charge in [0.2, 0.25) is 5.91 Å². The highest BCUT2D eigenvalue weighted by Crippen LogP contribution is 2.19. The Kier molecular flexibility index (Phi) is 5.82. The van der Waals surface area contributed by atoms with E-state index in [-0.39, 0.29) is 12.0 Å². The zero-order chi connectivity index (χ0) is 15.9. The number of nitrogens with zero attached hydrogens (tertiary/aromatic N) is 2. The molecule has 23 heavy (non-hydrogen) atoms. The van der Waals surface area contributed by atoms with Gasteiger partial charge in [-0.25, -0.2) is 4.98 Å². The summed E-state index contributed by atoms with van der Waals surface area (Å²) in [5, 5.41) is 3.01. The summed E-state index contributed by atoms with van der Waals surface area (Å²) in [7, 11) is 0. The summed E-state index contributed by atoms with van der Waals surface area (Å²) in [6, 6.07) is 3.94. The lowest BCUT2D eigenvalue weighted by Crippen LogP contribution is -2.37. The summed E-state index contributed by atoms with van der Waals surface area (Å²) in [5.41, 5.74) is 1.06. The molecular formula is C17H25N3O3. The highest BCUT2D eigenvalue weighted by molar-refractivity contribution is 5.76. The predicted molar refractivity (Wildman–Crippen MR) is 87.3 cm³/mol. The number of nitrogens with one attached hydrogen (secondary N) is 1. The third-order valence-corrected chi connectivity index (χ3v) is 4.37. The molecule has 126 valence electrons. The Hall–Kier alpha value is -1.66. The number of ether oxygens (including phenoxy) is 2. The molecule has 1 aromatic heterocycles. The maximum absolute atomic E-state index is 12.0. The number of aromatic nitrogens is 1. The van der Waals surface area contributed by atoms with Crippen LogP contribution in [0, 0.1) is 0 Å². The molecule has 2 fully saturated rings. The van der Waals surface area contributed by atoms with Crippen molar-refractivity contribution < 1.29 is 14.3 Å². The van der Waals surface area contributed by atoms with Crippen molar-refractivity contribution in [1.29, 1.82) is 0 Å². The molecule has 1 amide bonds. The van der Waals surface area contributed by atoms with Gasteiger partial charge in [0, 0.05) is 44.4 Å². The lowest BCUT2D eigenvalue weighted by molar-refractivity contribution is -0.121. The van der Waals surface area contributed by atoms with Gasteiger partial charge in [0.15, 0.2) is 0 Å². The van der Waals surface area contributed by atoms with E-state index in [9.17, 15) is 4.79 Å². The molecule has 0 bridgehead atoms. The summed E-state index contributed by atoms with van der Waals surface area (Å²) in [6.45, 7) is 4.50. The molecule has 6 heteroatoms. The van der Waals surface area contributed by atoms with Gasteiger partial charge in [0.25, 0.3) is 0 Å². The first-order valence-corrected chi connectivity index (χ1v) is 8.48. The fraction of sp³-hybridized carbons (Fsp3) is 0.647. The molecule has 2 aliphatic heterocycles. The zero-order valence-corrected chi connectivity index (χ0v) is 13.5. The molecule has 0 aromatic carbocycles. The van der Waals surface area contributed by atoms with E-state index in [0.717, 1.165) is 63.6 Å². The fourth-order valence-corrected chi connectivity index (χ4v) is 3.07. The average Bonchev–Trinajstić information content (AvgIpc) is 3.13. The lowest BCUT2D eigenvalue weighted by Gasteiger charge is -2.29. The van der Waals surface area contributed by atoms with E-state index in [4.69, 9.17) is 9.47 Å². The molecule has 6 nitrogen and oxygen atoms in total. The number of pyridine rings is 1. The van der Waals surface area contributed by atoms with Crippen LogP contribution in [0.5, 0.6) is 0 Å². The third-order valence-electron chi connectivity index (χ3n) is 4.37. The van der Waals surface area contributed by atoms with Gasteiger partial charge >= 0.3 is 0 Å². The molecule has 0 radical (unpaired) electrons. The highest BCUT2D eigenvalue weighted by atomic mass is 16.5. The maximum Gasteiger partial charge on any atom is 0.220 e. The summed E-state index contributed by atoms with van der Waals surface area (Å²) in [6.07, 6.45) is 5.60. The van der Waals surface area contributed by atoms with Crippen LogP contribution >= 0.6 is 0 Å². The first-order chi connectivity index (χ1) is 11.3. The molecule has 0 unspecified atom stereocenters. The number of anilines is 1. The number of rotatable bonds is 6. The van der Waals surface area contributed by atoms with Crippen molar-refractivity contribution in [3.8, 4) is 0 Å². The van der Waals surface area contributed by atoms with Crippen molar-refractivity contribution in [3.63, 3.8) is 0 Å². The Balaban J connectivity index is 1.50. The van der Waals surface area contributed by atoms with E-state index in [1.165, 1.54) is 0 Å². The van der Waals surface area contributed by atoms with Gasteiger partial charge in [-0.05, 0) is 25.3 Å². The molecule has 1 atom stereocenters. The Morgan fingerprint density at radius 1 is 1.35 bits per heavy atom. The Labute approximate surface area is 137 Å². The van der Waals surface area contributed by atoms with Crippen LogP contribution in [0.4, 0.5) is 5.82 Å². The molecule has 3 heterocycles. The molecule has 0 aliphatic carbocycles. The van der Waals surface area contributed by atoms with Crippen LogP contribution in [0.3, 0.4) is 0 Å². The highest BCUT2D eigenvalue weighted by Gasteiger charge is 2.18. The number of carbonyl (C=O) groups is 1. The number of morpholine rings is 1. The fourth-order valence-electron chi connectivity index (χ4n) is 3.07. The van der Waals surface area contributed by atoms with Crippen molar-refractivity contribution >= 4 is 11.7 Å². The largest absolute Gasteiger partial charge is 0.378 e. The number of amides is 1. The quantitative estimate of drug-likeness (QED) is 0.861. The van der Waals surface area contributed by atoms with E-state index < -0.39 is 0 Å². The first kappa shape index (κ1) is 16.2. The van der Waals surface area contributed by atoms with Gasteiger partial charge in [-0.2, -0.15) is 0 Å². The topological polar surface area (TPSA) is 63.7 Å². The van der Waals surface area contributed by atoms with E-state index in [2.05, 4.69) is 15.2 Å². The SMILES string of the molecule is O=C(CC[C@H]1CCCO1)NCc1cccnc1N1CCOCC1. The minimum atomic E-state index is 0.0808. The Morgan fingerprint density at radius 2 is 2.22 bits per heavy atom. The minimum absolute atomic E-state index is 0.0808. The summed E-state index contributed by atoms with van der Waals surface area (Å²) in [5.74, 6) is 1.03. The monoisotopic (exact) mass is 319 g/mol. The lowest BCUT2D eigenvalue weighted by atomic mass is 10.1. The van der Waals surface area contributed by atoms with Crippen molar-refractivity contribution in [2.45, 2.75) is 38.3 Å². The van der Waals surface area contributed by atoms with E-state index in [1.807, 2.05) is 12.1 Å². The molecule has 2 saturated heterocycles. The second-order valence-corrected chi connectivity index (χ2v) is 6.04. The van der Waals surface area contributed by atoms with Crippen molar-refractivity contribution in [2.24, 2.45) is 0 Å². The van der Waals surface area contributed by atoms with Gasteiger partial charge in [0.1, 0.15) is 5.82 Å². The standard InChI is InChI=1S/C17H25N3O3/c21-16(6-5-15-4-2-10-23-15)19-13-14-3-1-7-18-17(14)20-8-11-22-12-9-20/h1,3,7,15H,2,4-6,8-13H2,(H,19,21)/t15-/m1/s1. The maximum atomic E-state index is 12.0. The number of hydrogen-bond acceptors (Lipinski definition) is 5. The predicted octanol–water partition coefficient (Wildman–Crippen LogP) is 1.49. The van der Waals surface area contributed by atoms with Crippen LogP contribution < -0.4 is 10.2 Å². The molecule has 0 spiro atoms. The first-order valence-electron chi connectivity index (χ1n) is 8.48. The van der Waals surface area contributed by atoms with Crippen LogP contribution in [0.25, 0.3) is 0 Å². The Morgan fingerprint density at radius 3 is 3.00 bits per heavy atom. The normalized spacial score (nSPS) is 21.4. The minimum Gasteiger partial charge on any atom is -0.378 e. The van der Waals surface area contributed by atoms with Crippen molar-refractivity contribution in [1.82, 2.24) is 10.3 Å². The average molecular weight is 319 g/mol. The van der Waals surface area contributed by atoms with Crippen LogP contribution in [-0.4, -0.2) is 49.9 Å². The molecule has 1 N–H and O–H groups in total. The van der Waals surface area contributed by atoms with Crippen LogP contribution in [-0.2, 0) is 20.8 Å². The number of hydrogen-bond donors (Lipinski definition) is 1. The molecule has 2 aliphatic rings. The number of carbonyl (C=O) groups excluding carboxylic acids is 1. The van der Waals surface area contributed by atoms with Gasteiger partial charge in [-0.3, -0.25) is 4.79 Å². The smallest absolute Gasteiger partial charge is 0.220 e. The van der Waals surface area contributed by atoms with E-state index in [1.54, 1.807) is 6.20 Å².